The number of carbonyl (C=O) groups is 1. The van der Waals surface area contributed by atoms with Crippen molar-refractivity contribution < 1.29 is 33.2 Å². The SMILES string of the molecule is CCOC(=O)/C=C1/O[C@H]([C@H]2COC(C)(C)O2)[C@@H]2OC(C)(C)O[C@H]12. The second kappa shape index (κ2) is 5.73. The van der Waals surface area contributed by atoms with Crippen LogP contribution >= 0.6 is 0 Å². The highest BCUT2D eigenvalue weighted by atomic mass is 16.8. The average Bonchev–Trinajstić information content (AvgIpc) is 3.02. The number of carbonyl (C=O) groups excluding carboxylic acids is 1. The standard InChI is InChI=1S/C16H24O7/c1-6-18-11(17)7-9-13-14(23-16(4,5)22-13)12(20-9)10-8-19-15(2,3)21-10/h7,10,12-14H,6,8H2,1-5H3/b9-7+/t10-,12-,13-,14+/m1/s1. The van der Waals surface area contributed by atoms with E-state index in [1.54, 1.807) is 6.92 Å². The molecule has 3 fully saturated rings. The van der Waals surface area contributed by atoms with Crippen molar-refractivity contribution in [1.29, 1.82) is 0 Å². The van der Waals surface area contributed by atoms with Crippen LogP contribution in [0.3, 0.4) is 0 Å². The van der Waals surface area contributed by atoms with E-state index in [9.17, 15) is 4.79 Å². The molecule has 3 heterocycles. The highest BCUT2D eigenvalue weighted by Gasteiger charge is 2.57. The summed E-state index contributed by atoms with van der Waals surface area (Å²) in [7, 11) is 0. The largest absolute Gasteiger partial charge is 0.486 e. The van der Waals surface area contributed by atoms with Crippen molar-refractivity contribution in [3.63, 3.8) is 0 Å². The molecule has 130 valence electrons. The molecule has 3 aliphatic rings. The van der Waals surface area contributed by atoms with E-state index in [0.717, 1.165) is 0 Å². The Bertz CT molecular complexity index is 511. The Labute approximate surface area is 135 Å². The van der Waals surface area contributed by atoms with Gasteiger partial charge in [0.1, 0.15) is 24.1 Å². The van der Waals surface area contributed by atoms with E-state index < -0.39 is 29.8 Å². The zero-order valence-corrected chi connectivity index (χ0v) is 14.2. The van der Waals surface area contributed by atoms with Crippen LogP contribution in [-0.4, -0.2) is 55.2 Å². The molecular formula is C16H24O7. The van der Waals surface area contributed by atoms with Crippen molar-refractivity contribution in [2.24, 2.45) is 0 Å². The Morgan fingerprint density at radius 3 is 2.52 bits per heavy atom. The predicted octanol–water partition coefficient (Wildman–Crippen LogP) is 1.50. The number of hydrogen-bond donors (Lipinski definition) is 0. The topological polar surface area (TPSA) is 72.5 Å². The highest BCUT2D eigenvalue weighted by Crippen LogP contribution is 2.43. The second-order valence-electron chi connectivity index (χ2n) is 6.77. The Balaban J connectivity index is 1.81. The zero-order valence-electron chi connectivity index (χ0n) is 14.2. The van der Waals surface area contributed by atoms with Crippen LogP contribution in [-0.2, 0) is 33.2 Å². The summed E-state index contributed by atoms with van der Waals surface area (Å²) in [5, 5.41) is 0. The van der Waals surface area contributed by atoms with E-state index in [-0.39, 0.29) is 12.2 Å². The third-order valence-corrected chi connectivity index (χ3v) is 3.95. The number of rotatable bonds is 3. The minimum absolute atomic E-state index is 0.289. The van der Waals surface area contributed by atoms with E-state index in [1.165, 1.54) is 6.08 Å². The van der Waals surface area contributed by atoms with Gasteiger partial charge in [0.15, 0.2) is 17.7 Å². The fraction of sp³-hybridized carbons (Fsp3) is 0.812. The third-order valence-electron chi connectivity index (χ3n) is 3.95. The maximum Gasteiger partial charge on any atom is 0.334 e. The van der Waals surface area contributed by atoms with Gasteiger partial charge in [-0.15, -0.1) is 0 Å². The Kier molecular flexibility index (Phi) is 4.16. The van der Waals surface area contributed by atoms with Gasteiger partial charge in [-0.2, -0.15) is 0 Å². The van der Waals surface area contributed by atoms with Crippen LogP contribution in [0.25, 0.3) is 0 Å². The molecule has 0 aromatic carbocycles. The van der Waals surface area contributed by atoms with Crippen LogP contribution < -0.4 is 0 Å². The van der Waals surface area contributed by atoms with Gasteiger partial charge in [-0.1, -0.05) is 0 Å². The van der Waals surface area contributed by atoms with Gasteiger partial charge in [-0.25, -0.2) is 4.79 Å². The second-order valence-corrected chi connectivity index (χ2v) is 6.77. The summed E-state index contributed by atoms with van der Waals surface area (Å²) >= 11 is 0. The lowest BCUT2D eigenvalue weighted by atomic mass is 10.1. The molecule has 0 unspecified atom stereocenters. The molecule has 0 aliphatic carbocycles. The number of fused-ring (bicyclic) bond motifs is 1. The lowest BCUT2D eigenvalue weighted by molar-refractivity contribution is -0.187. The van der Waals surface area contributed by atoms with Crippen molar-refractivity contribution in [3.8, 4) is 0 Å². The molecular weight excluding hydrogens is 304 g/mol. The molecule has 23 heavy (non-hydrogen) atoms. The normalized spacial score (nSPS) is 39.3. The lowest BCUT2D eigenvalue weighted by Crippen LogP contribution is -2.40. The van der Waals surface area contributed by atoms with E-state index >= 15 is 0 Å². The molecule has 4 atom stereocenters. The van der Waals surface area contributed by atoms with Crippen molar-refractivity contribution in [1.82, 2.24) is 0 Å². The molecule has 0 spiro atoms. The smallest absolute Gasteiger partial charge is 0.334 e. The highest BCUT2D eigenvalue weighted by molar-refractivity contribution is 5.82. The van der Waals surface area contributed by atoms with Crippen LogP contribution in [0.1, 0.15) is 34.6 Å². The van der Waals surface area contributed by atoms with Crippen molar-refractivity contribution in [2.75, 3.05) is 13.2 Å². The first-order valence-corrected chi connectivity index (χ1v) is 7.93. The molecule has 3 rings (SSSR count). The monoisotopic (exact) mass is 328 g/mol. The molecule has 7 heteroatoms. The summed E-state index contributed by atoms with van der Waals surface area (Å²) in [5.74, 6) is -1.46. The number of hydrogen-bond acceptors (Lipinski definition) is 7. The number of esters is 1. The Hall–Kier alpha value is -1.15. The summed E-state index contributed by atoms with van der Waals surface area (Å²) in [6.45, 7) is 9.83. The fourth-order valence-corrected chi connectivity index (χ4v) is 3.12. The maximum atomic E-state index is 11.7. The zero-order chi connectivity index (χ0) is 16.8. The van der Waals surface area contributed by atoms with Gasteiger partial charge in [-0.05, 0) is 34.6 Å². The first kappa shape index (κ1) is 16.7. The molecule has 0 radical (unpaired) electrons. The van der Waals surface area contributed by atoms with E-state index in [2.05, 4.69) is 0 Å². The Morgan fingerprint density at radius 2 is 1.91 bits per heavy atom. The van der Waals surface area contributed by atoms with Crippen molar-refractivity contribution in [2.45, 2.75) is 70.6 Å². The van der Waals surface area contributed by atoms with Crippen LogP contribution in [0.5, 0.6) is 0 Å². The predicted molar refractivity (Wildman–Crippen MR) is 78.3 cm³/mol. The van der Waals surface area contributed by atoms with Crippen molar-refractivity contribution in [3.05, 3.63) is 11.8 Å². The minimum Gasteiger partial charge on any atom is -0.486 e. The maximum absolute atomic E-state index is 11.7. The van der Waals surface area contributed by atoms with E-state index in [1.807, 2.05) is 27.7 Å². The molecule has 0 bridgehead atoms. The summed E-state index contributed by atoms with van der Waals surface area (Å²) in [5.41, 5.74) is 0. The molecule has 3 saturated heterocycles. The fourth-order valence-electron chi connectivity index (χ4n) is 3.12. The third kappa shape index (κ3) is 3.38. The number of ether oxygens (including phenoxy) is 6. The molecule has 3 aliphatic heterocycles. The van der Waals surface area contributed by atoms with Gasteiger partial charge < -0.3 is 28.4 Å². The first-order valence-electron chi connectivity index (χ1n) is 7.93. The van der Waals surface area contributed by atoms with E-state index in [0.29, 0.717) is 19.0 Å². The summed E-state index contributed by atoms with van der Waals surface area (Å²) in [6, 6.07) is 0. The first-order chi connectivity index (χ1) is 10.7. The molecule has 0 aromatic rings. The van der Waals surface area contributed by atoms with E-state index in [4.69, 9.17) is 28.4 Å². The van der Waals surface area contributed by atoms with Gasteiger partial charge in [0, 0.05) is 0 Å². The van der Waals surface area contributed by atoms with Crippen LogP contribution in [0, 0.1) is 0 Å². The Morgan fingerprint density at radius 1 is 1.17 bits per heavy atom. The summed E-state index contributed by atoms with van der Waals surface area (Å²) in [6.07, 6.45) is -0.167. The molecule has 0 N–H and O–H groups in total. The minimum atomic E-state index is -0.750. The van der Waals surface area contributed by atoms with Gasteiger partial charge in [0.2, 0.25) is 0 Å². The molecule has 0 saturated carbocycles. The van der Waals surface area contributed by atoms with Gasteiger partial charge >= 0.3 is 5.97 Å². The average molecular weight is 328 g/mol. The van der Waals surface area contributed by atoms with Crippen LogP contribution in [0.2, 0.25) is 0 Å². The molecule has 0 amide bonds. The van der Waals surface area contributed by atoms with Gasteiger partial charge in [0.05, 0.1) is 19.3 Å². The van der Waals surface area contributed by atoms with Crippen molar-refractivity contribution >= 4 is 5.97 Å². The van der Waals surface area contributed by atoms with Gasteiger partial charge in [0.25, 0.3) is 0 Å². The summed E-state index contributed by atoms with van der Waals surface area (Å²) in [4.78, 5) is 11.7. The van der Waals surface area contributed by atoms with Crippen LogP contribution in [0.15, 0.2) is 11.8 Å². The molecule has 7 nitrogen and oxygen atoms in total. The van der Waals surface area contributed by atoms with Gasteiger partial charge in [-0.3, -0.25) is 0 Å². The summed E-state index contributed by atoms with van der Waals surface area (Å²) < 4.78 is 34.2. The van der Waals surface area contributed by atoms with Crippen LogP contribution in [0.4, 0.5) is 0 Å². The molecule has 0 aromatic heterocycles. The quantitative estimate of drug-likeness (QED) is 0.574. The lowest BCUT2D eigenvalue weighted by Gasteiger charge is -2.26.